The van der Waals surface area contributed by atoms with Crippen LogP contribution in [0.2, 0.25) is 0 Å². The van der Waals surface area contributed by atoms with E-state index in [0.29, 0.717) is 5.69 Å². The summed E-state index contributed by atoms with van der Waals surface area (Å²) in [5.74, 6) is -0.534. The number of nitrogens with zero attached hydrogens (tertiary/aromatic N) is 1. The fourth-order valence-electron chi connectivity index (χ4n) is 1.94. The quantitative estimate of drug-likeness (QED) is 0.912. The number of anilines is 1. The largest absolute Gasteiger partial charge is 0.401 e. The van der Waals surface area contributed by atoms with Gasteiger partial charge in [0.05, 0.1) is 24.3 Å². The molecule has 2 N–H and O–H groups in total. The number of aromatic nitrogens is 1. The molecule has 0 spiro atoms. The van der Waals surface area contributed by atoms with Crippen LogP contribution in [0.25, 0.3) is 10.9 Å². The van der Waals surface area contributed by atoms with Crippen molar-refractivity contribution in [2.45, 2.75) is 13.1 Å². The normalized spacial score (nSPS) is 11.6. The van der Waals surface area contributed by atoms with Crippen molar-refractivity contribution >= 4 is 22.5 Å². The molecule has 1 aromatic heterocycles. The van der Waals surface area contributed by atoms with Crippen LogP contribution < -0.4 is 10.6 Å². The smallest absolute Gasteiger partial charge is 0.324 e. The van der Waals surface area contributed by atoms with Gasteiger partial charge in [-0.25, -0.2) is 0 Å². The predicted octanol–water partition coefficient (Wildman–Crippen LogP) is 2.63. The van der Waals surface area contributed by atoms with E-state index in [1.54, 1.807) is 30.5 Å². The van der Waals surface area contributed by atoms with Crippen LogP contribution in [0.4, 0.5) is 18.9 Å². The summed E-state index contributed by atoms with van der Waals surface area (Å²) in [7, 11) is 0. The molecule has 0 aliphatic carbocycles. The third kappa shape index (κ3) is 4.16. The van der Waals surface area contributed by atoms with Crippen molar-refractivity contribution in [2.75, 3.05) is 18.4 Å². The number of pyridine rings is 1. The van der Waals surface area contributed by atoms with Crippen LogP contribution in [0, 0.1) is 6.92 Å². The molecule has 112 valence electrons. The van der Waals surface area contributed by atoms with Gasteiger partial charge in [0.2, 0.25) is 5.91 Å². The lowest BCUT2D eigenvalue weighted by molar-refractivity contribution is -0.126. The van der Waals surface area contributed by atoms with Crippen LogP contribution in [-0.4, -0.2) is 30.2 Å². The maximum Gasteiger partial charge on any atom is 0.401 e. The van der Waals surface area contributed by atoms with Gasteiger partial charge in [0, 0.05) is 11.6 Å². The molecule has 21 heavy (non-hydrogen) atoms. The highest BCUT2D eigenvalue weighted by Crippen LogP contribution is 2.24. The Morgan fingerprint density at radius 3 is 2.76 bits per heavy atom. The average Bonchev–Trinajstić information content (AvgIpc) is 2.41. The van der Waals surface area contributed by atoms with Gasteiger partial charge in [0.1, 0.15) is 0 Å². The Bertz CT molecular complexity index is 655. The second-order valence-corrected chi connectivity index (χ2v) is 4.60. The molecular formula is C14H14F3N3O. The van der Waals surface area contributed by atoms with Crippen molar-refractivity contribution < 1.29 is 18.0 Å². The Hall–Kier alpha value is -2.15. The highest BCUT2D eigenvalue weighted by Gasteiger charge is 2.26. The summed E-state index contributed by atoms with van der Waals surface area (Å²) in [6, 6.07) is 7.04. The Morgan fingerprint density at radius 1 is 1.29 bits per heavy atom. The number of fused-ring (bicyclic) bond motifs is 1. The van der Waals surface area contributed by atoms with E-state index in [4.69, 9.17) is 0 Å². The zero-order valence-corrected chi connectivity index (χ0v) is 11.3. The summed E-state index contributed by atoms with van der Waals surface area (Å²) >= 11 is 0. The van der Waals surface area contributed by atoms with Gasteiger partial charge in [-0.1, -0.05) is 6.07 Å². The molecule has 2 aromatic rings. The van der Waals surface area contributed by atoms with Crippen molar-refractivity contribution in [1.82, 2.24) is 10.3 Å². The highest BCUT2D eigenvalue weighted by molar-refractivity contribution is 6.02. The fraction of sp³-hybridized carbons (Fsp3) is 0.286. The second kappa shape index (κ2) is 6.09. The third-order valence-electron chi connectivity index (χ3n) is 2.86. The second-order valence-electron chi connectivity index (χ2n) is 4.60. The van der Waals surface area contributed by atoms with Crippen LogP contribution in [-0.2, 0) is 4.79 Å². The number of carbonyl (C=O) groups is 1. The lowest BCUT2D eigenvalue weighted by atomic mass is 10.1. The fourth-order valence-corrected chi connectivity index (χ4v) is 1.94. The minimum absolute atomic E-state index is 0.408. The van der Waals surface area contributed by atoms with E-state index in [9.17, 15) is 18.0 Å². The topological polar surface area (TPSA) is 54.0 Å². The molecule has 2 rings (SSSR count). The number of carbonyl (C=O) groups excluding carboxylic acids is 1. The number of halogens is 3. The van der Waals surface area contributed by atoms with E-state index >= 15 is 0 Å². The minimum atomic E-state index is -4.33. The highest BCUT2D eigenvalue weighted by atomic mass is 19.4. The van der Waals surface area contributed by atoms with Gasteiger partial charge in [-0.3, -0.25) is 9.78 Å². The molecule has 0 atom stereocenters. The maximum atomic E-state index is 12.0. The lowest BCUT2D eigenvalue weighted by Crippen LogP contribution is -2.35. The van der Waals surface area contributed by atoms with Gasteiger partial charge in [-0.2, -0.15) is 13.2 Å². The van der Waals surface area contributed by atoms with E-state index in [1.807, 2.05) is 6.92 Å². The van der Waals surface area contributed by atoms with Crippen molar-refractivity contribution in [3.05, 3.63) is 36.0 Å². The molecule has 0 unspecified atom stereocenters. The summed E-state index contributed by atoms with van der Waals surface area (Å²) in [6.45, 7) is 0.289. The number of rotatable bonds is 4. The molecule has 0 fully saturated rings. The number of aryl methyl sites for hydroxylation is 1. The molecule has 1 aromatic carbocycles. The molecule has 4 nitrogen and oxygen atoms in total. The van der Waals surface area contributed by atoms with E-state index in [-0.39, 0.29) is 0 Å². The number of hydrogen-bond acceptors (Lipinski definition) is 3. The van der Waals surface area contributed by atoms with Crippen molar-refractivity contribution in [3.63, 3.8) is 0 Å². The molecule has 0 saturated carbocycles. The first kappa shape index (κ1) is 15.2. The summed E-state index contributed by atoms with van der Waals surface area (Å²) in [6.07, 6.45) is -2.69. The first-order chi connectivity index (χ1) is 9.87. The Labute approximate surface area is 119 Å². The van der Waals surface area contributed by atoms with Crippen LogP contribution in [0.1, 0.15) is 5.56 Å². The van der Waals surface area contributed by atoms with Gasteiger partial charge in [-0.05, 0) is 30.7 Å². The zero-order valence-electron chi connectivity index (χ0n) is 11.3. The number of nitrogens with one attached hydrogen (secondary N) is 2. The van der Waals surface area contributed by atoms with Gasteiger partial charge in [-0.15, -0.1) is 0 Å². The Balaban J connectivity index is 2.06. The minimum Gasteiger partial charge on any atom is -0.324 e. The summed E-state index contributed by atoms with van der Waals surface area (Å²) in [5.41, 5.74) is 2.24. The first-order valence-corrected chi connectivity index (χ1v) is 6.28. The lowest BCUT2D eigenvalue weighted by Gasteiger charge is -2.11. The van der Waals surface area contributed by atoms with Crippen molar-refractivity contribution in [1.29, 1.82) is 0 Å². The Morgan fingerprint density at radius 2 is 2.05 bits per heavy atom. The predicted molar refractivity (Wildman–Crippen MR) is 74.0 cm³/mol. The summed E-state index contributed by atoms with van der Waals surface area (Å²) in [5, 5.41) is 5.39. The Kier molecular flexibility index (Phi) is 4.42. The SMILES string of the molecule is Cc1ccc(NC(=O)CNCC(F)(F)F)c2cccnc12. The average molecular weight is 297 g/mol. The molecule has 0 radical (unpaired) electrons. The molecular weight excluding hydrogens is 283 g/mol. The van der Waals surface area contributed by atoms with Gasteiger partial charge < -0.3 is 10.6 Å². The number of hydrogen-bond donors (Lipinski definition) is 2. The van der Waals surface area contributed by atoms with Crippen LogP contribution in [0.3, 0.4) is 0 Å². The maximum absolute atomic E-state index is 12.0. The monoisotopic (exact) mass is 297 g/mol. The number of benzene rings is 1. The molecule has 0 aliphatic heterocycles. The number of alkyl halides is 3. The van der Waals surface area contributed by atoms with Gasteiger partial charge in [0.15, 0.2) is 0 Å². The van der Waals surface area contributed by atoms with Crippen molar-refractivity contribution in [2.24, 2.45) is 0 Å². The third-order valence-corrected chi connectivity index (χ3v) is 2.86. The zero-order chi connectivity index (χ0) is 15.5. The van der Waals surface area contributed by atoms with Crippen molar-refractivity contribution in [3.8, 4) is 0 Å². The molecule has 7 heteroatoms. The first-order valence-electron chi connectivity index (χ1n) is 6.28. The number of amides is 1. The van der Waals surface area contributed by atoms with E-state index in [1.165, 1.54) is 0 Å². The van der Waals surface area contributed by atoms with E-state index in [0.717, 1.165) is 16.5 Å². The molecule has 1 amide bonds. The summed E-state index contributed by atoms with van der Waals surface area (Å²) < 4.78 is 35.9. The molecule has 0 saturated heterocycles. The van der Waals surface area contributed by atoms with Gasteiger partial charge in [0.25, 0.3) is 0 Å². The van der Waals surface area contributed by atoms with Crippen LogP contribution in [0.15, 0.2) is 30.5 Å². The summed E-state index contributed by atoms with van der Waals surface area (Å²) in [4.78, 5) is 15.9. The standard InChI is InChI=1S/C14H14F3N3O/c1-9-4-5-11(10-3-2-6-19-13(9)10)20-12(21)7-18-8-14(15,16)17/h2-6,18H,7-8H2,1H3,(H,20,21). The van der Waals surface area contributed by atoms with E-state index < -0.39 is 25.2 Å². The van der Waals surface area contributed by atoms with E-state index in [2.05, 4.69) is 15.6 Å². The van der Waals surface area contributed by atoms with Crippen LogP contribution in [0.5, 0.6) is 0 Å². The van der Waals surface area contributed by atoms with Gasteiger partial charge >= 0.3 is 6.18 Å². The molecule has 0 aliphatic rings. The molecule has 1 heterocycles. The van der Waals surface area contributed by atoms with Crippen LogP contribution >= 0.6 is 0 Å². The molecule has 0 bridgehead atoms.